The van der Waals surface area contributed by atoms with Crippen molar-refractivity contribution in [3.8, 4) is 11.1 Å². The minimum Gasteiger partial charge on any atom is -0.273 e. The number of carbonyl (C=O) groups excluding carboxylic acids is 1. The standard InChI is InChI=1S/C21H16NO/c1-14(23)22-19-9-6-15(7-10-19)16-8-11-21-18(12-16)13-17-4-2-3-5-20(17)21/h2-12H,13H2,1H3/q+1. The van der Waals surface area contributed by atoms with Gasteiger partial charge in [-0.2, -0.15) is 4.99 Å². The minimum absolute atomic E-state index is 0.173. The Kier molecular flexibility index (Phi) is 3.23. The molecule has 0 N–H and O–H groups in total. The fourth-order valence-corrected chi connectivity index (χ4v) is 3.23. The number of fused-ring (bicyclic) bond motifs is 3. The van der Waals surface area contributed by atoms with Gasteiger partial charge in [0.1, 0.15) is 0 Å². The largest absolute Gasteiger partial charge is 0.273 e. The van der Waals surface area contributed by atoms with Crippen molar-refractivity contribution < 1.29 is 4.79 Å². The molecular weight excluding hydrogens is 282 g/mol. The monoisotopic (exact) mass is 298 g/mol. The third-order valence-electron chi connectivity index (χ3n) is 4.28. The maximum absolute atomic E-state index is 11.0. The highest BCUT2D eigenvalue weighted by Crippen LogP contribution is 2.38. The summed E-state index contributed by atoms with van der Waals surface area (Å²) in [4.78, 5) is 15.0. The molecule has 0 atom stereocenters. The van der Waals surface area contributed by atoms with E-state index in [0.717, 1.165) is 12.0 Å². The number of amides is 1. The molecule has 2 aliphatic carbocycles. The molecule has 0 spiro atoms. The number of hydrogen-bond donors (Lipinski definition) is 0. The molecule has 0 radical (unpaired) electrons. The molecule has 23 heavy (non-hydrogen) atoms. The Morgan fingerprint density at radius 2 is 1.87 bits per heavy atom. The Morgan fingerprint density at radius 1 is 1.04 bits per heavy atom. The topological polar surface area (TPSA) is 29.4 Å². The highest BCUT2D eigenvalue weighted by atomic mass is 16.1. The van der Waals surface area contributed by atoms with Crippen LogP contribution in [0.3, 0.4) is 0 Å². The number of rotatable bonds is 1. The average molecular weight is 298 g/mol. The summed E-state index contributed by atoms with van der Waals surface area (Å²) in [5.41, 5.74) is 8.51. The van der Waals surface area contributed by atoms with Crippen molar-refractivity contribution in [2.45, 2.75) is 13.3 Å². The van der Waals surface area contributed by atoms with Gasteiger partial charge in [0.05, 0.1) is 30.2 Å². The molecule has 0 heterocycles. The Labute approximate surface area is 135 Å². The predicted molar refractivity (Wildman–Crippen MR) is 94.2 cm³/mol. The van der Waals surface area contributed by atoms with E-state index >= 15 is 0 Å². The molecule has 0 saturated heterocycles. The Balaban J connectivity index is 1.64. The van der Waals surface area contributed by atoms with E-state index in [4.69, 9.17) is 0 Å². The third kappa shape index (κ3) is 2.53. The van der Waals surface area contributed by atoms with Crippen LogP contribution in [0.5, 0.6) is 0 Å². The number of aliphatic imine (C=N–C) groups is 1. The van der Waals surface area contributed by atoms with Gasteiger partial charge in [0.2, 0.25) is 5.91 Å². The van der Waals surface area contributed by atoms with E-state index in [1.54, 1.807) is 0 Å². The second-order valence-corrected chi connectivity index (χ2v) is 5.88. The summed E-state index contributed by atoms with van der Waals surface area (Å²) in [6, 6.07) is 15.2. The fourth-order valence-electron chi connectivity index (χ4n) is 3.23. The maximum Gasteiger partial charge on any atom is 0.245 e. The molecule has 0 saturated carbocycles. The minimum atomic E-state index is -0.173. The summed E-state index contributed by atoms with van der Waals surface area (Å²) in [7, 11) is 0. The first kappa shape index (κ1) is 13.8. The zero-order valence-corrected chi connectivity index (χ0v) is 12.9. The molecule has 4 rings (SSSR count). The lowest BCUT2D eigenvalue weighted by atomic mass is 9.95. The van der Waals surface area contributed by atoms with Gasteiger partial charge in [-0.25, -0.2) is 0 Å². The smallest absolute Gasteiger partial charge is 0.245 e. The van der Waals surface area contributed by atoms with Gasteiger partial charge < -0.3 is 0 Å². The molecule has 2 heteroatoms. The molecule has 110 valence electrons. The van der Waals surface area contributed by atoms with E-state index in [0.29, 0.717) is 5.71 Å². The van der Waals surface area contributed by atoms with Crippen molar-refractivity contribution in [3.05, 3.63) is 83.8 Å². The van der Waals surface area contributed by atoms with Crippen molar-refractivity contribution in [2.24, 2.45) is 4.99 Å². The molecule has 0 unspecified atom stereocenters. The SMILES string of the molecule is CC(=O)N=C1C=CC(c2ccc3c(c2)Cc2ccccc2-3)=C[CH+]1. The van der Waals surface area contributed by atoms with Crippen molar-refractivity contribution in [2.75, 3.05) is 0 Å². The molecule has 2 aromatic carbocycles. The highest BCUT2D eigenvalue weighted by Gasteiger charge is 2.20. The summed E-state index contributed by atoms with van der Waals surface area (Å²) >= 11 is 0. The van der Waals surface area contributed by atoms with Gasteiger partial charge in [-0.3, -0.25) is 4.79 Å². The highest BCUT2D eigenvalue weighted by molar-refractivity contribution is 6.12. The molecule has 2 nitrogen and oxygen atoms in total. The van der Waals surface area contributed by atoms with Gasteiger partial charge in [0, 0.05) is 12.5 Å². The normalized spacial score (nSPS) is 16.6. The van der Waals surface area contributed by atoms with E-state index in [2.05, 4.69) is 47.5 Å². The summed E-state index contributed by atoms with van der Waals surface area (Å²) in [5.74, 6) is -0.173. The molecule has 0 aliphatic heterocycles. The molecule has 0 fully saturated rings. The van der Waals surface area contributed by atoms with E-state index in [-0.39, 0.29) is 5.91 Å². The van der Waals surface area contributed by atoms with Crippen LogP contribution in [0.15, 0.2) is 65.7 Å². The number of carbonyl (C=O) groups is 1. The van der Waals surface area contributed by atoms with Gasteiger partial charge in [-0.05, 0) is 40.8 Å². The molecule has 1 amide bonds. The fraction of sp³-hybridized carbons (Fsp3) is 0.0952. The molecule has 2 aliphatic rings. The van der Waals surface area contributed by atoms with E-state index in [1.165, 1.54) is 34.7 Å². The second-order valence-electron chi connectivity index (χ2n) is 5.88. The molecular formula is C21H16NO+. The van der Waals surface area contributed by atoms with Crippen molar-refractivity contribution in [3.63, 3.8) is 0 Å². The zero-order valence-electron chi connectivity index (χ0n) is 12.9. The predicted octanol–water partition coefficient (Wildman–Crippen LogP) is 4.40. The van der Waals surface area contributed by atoms with E-state index < -0.39 is 0 Å². The van der Waals surface area contributed by atoms with Crippen LogP contribution < -0.4 is 0 Å². The lowest BCUT2D eigenvalue weighted by Gasteiger charge is -2.05. The summed E-state index contributed by atoms with van der Waals surface area (Å²) < 4.78 is 0. The van der Waals surface area contributed by atoms with Crippen LogP contribution >= 0.6 is 0 Å². The van der Waals surface area contributed by atoms with Crippen LogP contribution in [-0.4, -0.2) is 11.6 Å². The third-order valence-corrected chi connectivity index (χ3v) is 4.28. The Hall–Kier alpha value is -2.87. The average Bonchev–Trinajstić information content (AvgIpc) is 2.92. The quantitative estimate of drug-likeness (QED) is 0.612. The lowest BCUT2D eigenvalue weighted by molar-refractivity contribution is -0.115. The van der Waals surface area contributed by atoms with Gasteiger partial charge in [-0.1, -0.05) is 30.3 Å². The Bertz CT molecular complexity index is 900. The van der Waals surface area contributed by atoms with E-state index in [9.17, 15) is 4.79 Å². The van der Waals surface area contributed by atoms with E-state index in [1.807, 2.05) is 24.6 Å². The maximum atomic E-state index is 11.0. The van der Waals surface area contributed by atoms with Crippen LogP contribution in [0.4, 0.5) is 0 Å². The number of nitrogens with zero attached hydrogens (tertiary/aromatic N) is 1. The number of hydrogen-bond acceptors (Lipinski definition) is 1. The van der Waals surface area contributed by atoms with Crippen LogP contribution in [0.1, 0.15) is 23.6 Å². The van der Waals surface area contributed by atoms with Crippen LogP contribution in [-0.2, 0) is 11.2 Å². The Morgan fingerprint density at radius 3 is 2.65 bits per heavy atom. The van der Waals surface area contributed by atoms with Gasteiger partial charge in [0.25, 0.3) is 0 Å². The van der Waals surface area contributed by atoms with Crippen LogP contribution in [0, 0.1) is 6.42 Å². The molecule has 0 bridgehead atoms. The first-order chi connectivity index (χ1) is 11.2. The summed E-state index contributed by atoms with van der Waals surface area (Å²) in [6.45, 7) is 1.46. The molecule has 0 aromatic heterocycles. The van der Waals surface area contributed by atoms with Crippen molar-refractivity contribution in [1.29, 1.82) is 0 Å². The van der Waals surface area contributed by atoms with Crippen LogP contribution in [0.25, 0.3) is 16.7 Å². The van der Waals surface area contributed by atoms with Gasteiger partial charge in [0.15, 0.2) is 5.71 Å². The van der Waals surface area contributed by atoms with Crippen LogP contribution in [0.2, 0.25) is 0 Å². The number of allylic oxidation sites excluding steroid dienone is 4. The number of benzene rings is 2. The van der Waals surface area contributed by atoms with Crippen molar-refractivity contribution >= 4 is 17.2 Å². The zero-order chi connectivity index (χ0) is 15.8. The van der Waals surface area contributed by atoms with Gasteiger partial charge >= 0.3 is 0 Å². The summed E-state index contributed by atoms with van der Waals surface area (Å²) in [5, 5.41) is 0. The lowest BCUT2D eigenvalue weighted by Crippen LogP contribution is -2.01. The first-order valence-corrected chi connectivity index (χ1v) is 7.75. The van der Waals surface area contributed by atoms with Gasteiger partial charge in [-0.15, -0.1) is 0 Å². The summed E-state index contributed by atoms with van der Waals surface area (Å²) in [6.07, 6.45) is 8.81. The first-order valence-electron chi connectivity index (χ1n) is 7.75. The molecule has 2 aromatic rings. The van der Waals surface area contributed by atoms with Crippen molar-refractivity contribution in [1.82, 2.24) is 0 Å². The second kappa shape index (κ2) is 5.40.